The van der Waals surface area contributed by atoms with Gasteiger partial charge in [0.2, 0.25) is 11.7 Å². The van der Waals surface area contributed by atoms with Crippen molar-refractivity contribution in [1.82, 2.24) is 10.1 Å². The van der Waals surface area contributed by atoms with Crippen LogP contribution in [0.5, 0.6) is 0 Å². The van der Waals surface area contributed by atoms with Gasteiger partial charge in [-0.2, -0.15) is 4.98 Å². The van der Waals surface area contributed by atoms with Crippen LogP contribution >= 0.6 is 0 Å². The van der Waals surface area contributed by atoms with Gasteiger partial charge in [0.15, 0.2) is 0 Å². The van der Waals surface area contributed by atoms with Crippen LogP contribution in [-0.4, -0.2) is 15.1 Å². The Kier molecular flexibility index (Phi) is 3.80. The van der Waals surface area contributed by atoms with Crippen molar-refractivity contribution in [3.05, 3.63) is 40.3 Å². The topological polar surface area (TPSA) is 108 Å². The van der Waals surface area contributed by atoms with E-state index in [-0.39, 0.29) is 11.5 Å². The zero-order valence-corrected chi connectivity index (χ0v) is 11.4. The van der Waals surface area contributed by atoms with Gasteiger partial charge in [-0.15, -0.1) is 0 Å². The van der Waals surface area contributed by atoms with Crippen LogP contribution < -0.4 is 5.73 Å². The summed E-state index contributed by atoms with van der Waals surface area (Å²) in [4.78, 5) is 14.8. The van der Waals surface area contributed by atoms with E-state index in [1.54, 1.807) is 18.2 Å². The lowest BCUT2D eigenvalue weighted by Gasteiger charge is -2.20. The summed E-state index contributed by atoms with van der Waals surface area (Å²) in [7, 11) is 0. The Morgan fingerprint density at radius 2 is 2.00 bits per heavy atom. The molecule has 1 aromatic heterocycles. The molecule has 0 fully saturated rings. The summed E-state index contributed by atoms with van der Waals surface area (Å²) >= 11 is 0. The molecule has 2 N–H and O–H groups in total. The highest BCUT2D eigenvalue weighted by molar-refractivity contribution is 5.67. The number of hydrogen-bond donors (Lipinski definition) is 1. The lowest BCUT2D eigenvalue weighted by atomic mass is 9.94. The van der Waals surface area contributed by atoms with Gasteiger partial charge in [0.05, 0.1) is 10.5 Å². The van der Waals surface area contributed by atoms with E-state index in [0.717, 1.165) is 0 Å². The first kappa shape index (κ1) is 14.1. The fourth-order valence-corrected chi connectivity index (χ4v) is 1.91. The molecule has 1 aromatic carbocycles. The van der Waals surface area contributed by atoms with Crippen LogP contribution in [0.25, 0.3) is 11.4 Å². The van der Waals surface area contributed by atoms with Gasteiger partial charge in [-0.3, -0.25) is 10.1 Å². The Balaban J connectivity index is 2.47. The number of para-hydroxylation sites is 1. The molecule has 0 bridgehead atoms. The van der Waals surface area contributed by atoms with E-state index in [1.807, 2.05) is 13.8 Å². The second-order valence-corrected chi connectivity index (χ2v) is 4.56. The minimum absolute atomic E-state index is 0.0598. The Labute approximate surface area is 115 Å². The molecule has 1 heterocycles. The van der Waals surface area contributed by atoms with Crippen LogP contribution in [-0.2, 0) is 5.54 Å². The van der Waals surface area contributed by atoms with Crippen LogP contribution in [0.2, 0.25) is 0 Å². The maximum Gasteiger partial charge on any atom is 0.280 e. The molecule has 2 rings (SSSR count). The molecular formula is C13H16N4O3. The molecule has 0 aliphatic carbocycles. The number of rotatable bonds is 5. The summed E-state index contributed by atoms with van der Waals surface area (Å²) in [5, 5.41) is 14.8. The van der Waals surface area contributed by atoms with Gasteiger partial charge >= 0.3 is 0 Å². The maximum atomic E-state index is 11.0. The van der Waals surface area contributed by atoms with Gasteiger partial charge in [0, 0.05) is 6.07 Å². The Morgan fingerprint density at radius 1 is 1.35 bits per heavy atom. The summed E-state index contributed by atoms with van der Waals surface area (Å²) < 4.78 is 5.19. The third-order valence-corrected chi connectivity index (χ3v) is 3.46. The summed E-state index contributed by atoms with van der Waals surface area (Å²) in [5.41, 5.74) is 5.74. The molecule has 0 unspecified atom stereocenters. The number of nitrogens with two attached hydrogens (primary N) is 1. The van der Waals surface area contributed by atoms with Gasteiger partial charge in [0.1, 0.15) is 5.56 Å². The number of nitro benzene ring substituents is 1. The average Bonchev–Trinajstić information content (AvgIpc) is 2.96. The first-order valence-electron chi connectivity index (χ1n) is 6.38. The van der Waals surface area contributed by atoms with Crippen LogP contribution in [0.1, 0.15) is 32.6 Å². The zero-order valence-electron chi connectivity index (χ0n) is 11.4. The van der Waals surface area contributed by atoms with Gasteiger partial charge in [0.25, 0.3) is 5.69 Å². The Bertz CT molecular complexity index is 620. The molecule has 0 aliphatic heterocycles. The normalized spacial score (nSPS) is 11.6. The predicted octanol–water partition coefficient (Wildman–Crippen LogP) is 2.62. The molecule has 0 atom stereocenters. The SMILES string of the molecule is CCC(N)(CC)c1nc(-c2ccccc2[N+](=O)[O-])no1. The zero-order chi connectivity index (χ0) is 14.8. The Morgan fingerprint density at radius 3 is 2.60 bits per heavy atom. The molecule has 0 saturated heterocycles. The molecule has 7 heteroatoms. The second kappa shape index (κ2) is 5.38. The minimum Gasteiger partial charge on any atom is -0.337 e. The summed E-state index contributed by atoms with van der Waals surface area (Å²) in [6.45, 7) is 3.86. The third kappa shape index (κ3) is 2.39. The van der Waals surface area contributed by atoms with Crippen molar-refractivity contribution in [3.8, 4) is 11.4 Å². The second-order valence-electron chi connectivity index (χ2n) is 4.56. The monoisotopic (exact) mass is 276 g/mol. The van der Waals surface area contributed by atoms with Crippen molar-refractivity contribution in [2.45, 2.75) is 32.2 Å². The summed E-state index contributed by atoms with van der Waals surface area (Å²) in [5.74, 6) is 0.486. The number of nitro groups is 1. The van der Waals surface area contributed by atoms with E-state index in [9.17, 15) is 10.1 Å². The van der Waals surface area contributed by atoms with Gasteiger partial charge in [-0.1, -0.05) is 31.1 Å². The lowest BCUT2D eigenvalue weighted by molar-refractivity contribution is -0.384. The van der Waals surface area contributed by atoms with Crippen LogP contribution in [0.3, 0.4) is 0 Å². The van der Waals surface area contributed by atoms with Crippen molar-refractivity contribution in [1.29, 1.82) is 0 Å². The van der Waals surface area contributed by atoms with Gasteiger partial charge < -0.3 is 10.3 Å². The first-order valence-corrected chi connectivity index (χ1v) is 6.38. The molecule has 106 valence electrons. The fourth-order valence-electron chi connectivity index (χ4n) is 1.91. The van der Waals surface area contributed by atoms with Crippen LogP contribution in [0, 0.1) is 10.1 Å². The molecule has 2 aromatic rings. The van der Waals surface area contributed by atoms with Crippen molar-refractivity contribution >= 4 is 5.69 Å². The Hall–Kier alpha value is -2.28. The molecule has 0 spiro atoms. The first-order chi connectivity index (χ1) is 9.51. The van der Waals surface area contributed by atoms with Crippen molar-refractivity contribution < 1.29 is 9.45 Å². The number of benzene rings is 1. The number of aromatic nitrogens is 2. The molecule has 0 amide bonds. The van der Waals surface area contributed by atoms with Crippen LogP contribution in [0.15, 0.2) is 28.8 Å². The van der Waals surface area contributed by atoms with E-state index in [1.165, 1.54) is 6.07 Å². The van der Waals surface area contributed by atoms with Crippen molar-refractivity contribution in [3.63, 3.8) is 0 Å². The van der Waals surface area contributed by atoms with E-state index in [0.29, 0.717) is 24.3 Å². The van der Waals surface area contributed by atoms with Crippen LogP contribution in [0.4, 0.5) is 5.69 Å². The van der Waals surface area contributed by atoms with Crippen molar-refractivity contribution in [2.24, 2.45) is 5.73 Å². The van der Waals surface area contributed by atoms with E-state index >= 15 is 0 Å². The van der Waals surface area contributed by atoms with Gasteiger partial charge in [-0.05, 0) is 18.9 Å². The summed E-state index contributed by atoms with van der Waals surface area (Å²) in [6.07, 6.45) is 1.28. The highest BCUT2D eigenvalue weighted by atomic mass is 16.6. The lowest BCUT2D eigenvalue weighted by Crippen LogP contribution is -2.35. The largest absolute Gasteiger partial charge is 0.337 e. The molecule has 0 aliphatic rings. The number of nitrogens with zero attached hydrogens (tertiary/aromatic N) is 3. The highest BCUT2D eigenvalue weighted by Gasteiger charge is 2.31. The molecule has 7 nitrogen and oxygen atoms in total. The van der Waals surface area contributed by atoms with Crippen molar-refractivity contribution in [2.75, 3.05) is 0 Å². The third-order valence-electron chi connectivity index (χ3n) is 3.46. The molecular weight excluding hydrogens is 260 g/mol. The molecule has 20 heavy (non-hydrogen) atoms. The maximum absolute atomic E-state index is 11.0. The average molecular weight is 276 g/mol. The predicted molar refractivity (Wildman–Crippen MR) is 72.8 cm³/mol. The van der Waals surface area contributed by atoms with E-state index in [2.05, 4.69) is 10.1 Å². The number of hydrogen-bond acceptors (Lipinski definition) is 6. The smallest absolute Gasteiger partial charge is 0.280 e. The summed E-state index contributed by atoms with van der Waals surface area (Å²) in [6, 6.07) is 6.27. The molecule has 0 saturated carbocycles. The fraction of sp³-hybridized carbons (Fsp3) is 0.385. The molecule has 0 radical (unpaired) electrons. The quantitative estimate of drug-likeness (QED) is 0.664. The standard InChI is InChI=1S/C13H16N4O3/c1-3-13(14,4-2)12-15-11(16-20-12)9-7-5-6-8-10(9)17(18)19/h5-8H,3-4,14H2,1-2H3. The van der Waals surface area contributed by atoms with E-state index < -0.39 is 10.5 Å². The highest BCUT2D eigenvalue weighted by Crippen LogP contribution is 2.30. The van der Waals surface area contributed by atoms with E-state index in [4.69, 9.17) is 10.3 Å². The van der Waals surface area contributed by atoms with Gasteiger partial charge in [-0.25, -0.2) is 0 Å². The minimum atomic E-state index is -0.700.